The third-order valence-electron chi connectivity index (χ3n) is 9.70. The Morgan fingerprint density at radius 1 is 0.364 bits per heavy atom. The molecule has 0 saturated heterocycles. The lowest BCUT2D eigenvalue weighted by atomic mass is 9.84. The molecule has 0 spiro atoms. The predicted molar refractivity (Wildman–Crippen MR) is 186 cm³/mol. The quantitative estimate of drug-likeness (QED) is 0.156. The molecule has 9 aromatic rings. The van der Waals surface area contributed by atoms with Crippen molar-refractivity contribution in [1.29, 1.82) is 0 Å². The Hall–Kier alpha value is -5.60. The predicted octanol–water partition coefficient (Wildman–Crippen LogP) is 11.3. The Labute approximate surface area is 254 Å². The van der Waals surface area contributed by atoms with E-state index >= 15 is 0 Å². The van der Waals surface area contributed by atoms with Gasteiger partial charge >= 0.3 is 0 Å². The van der Waals surface area contributed by atoms with Gasteiger partial charge in [0.05, 0.1) is 11.4 Å². The fraction of sp³-hybridized carbons (Fsp3) is 0.0476. The molecular weight excluding hydrogens is 532 g/mol. The Kier molecular flexibility index (Phi) is 4.61. The van der Waals surface area contributed by atoms with Crippen LogP contribution in [0.3, 0.4) is 0 Å². The summed E-state index contributed by atoms with van der Waals surface area (Å²) in [7, 11) is 0. The van der Waals surface area contributed by atoms with Crippen molar-refractivity contribution >= 4 is 53.9 Å². The molecule has 0 fully saturated rings. The van der Waals surface area contributed by atoms with Crippen LogP contribution in [-0.4, -0.2) is 9.97 Å². The van der Waals surface area contributed by atoms with Gasteiger partial charge in [0.1, 0.15) is 0 Å². The van der Waals surface area contributed by atoms with Crippen molar-refractivity contribution in [2.75, 3.05) is 0 Å². The van der Waals surface area contributed by atoms with E-state index in [1.807, 2.05) is 24.5 Å². The summed E-state index contributed by atoms with van der Waals surface area (Å²) in [6.45, 7) is 4.43. The molecule has 10 rings (SSSR count). The van der Waals surface area contributed by atoms with Crippen LogP contribution < -0.4 is 0 Å². The molecule has 1 aliphatic carbocycles. The van der Waals surface area contributed by atoms with Crippen LogP contribution in [-0.2, 0) is 0 Å². The van der Waals surface area contributed by atoms with Crippen molar-refractivity contribution in [3.05, 3.63) is 133 Å². The van der Waals surface area contributed by atoms with E-state index in [0.717, 1.165) is 22.5 Å². The number of hydrogen-bond donors (Lipinski definition) is 0. The fourth-order valence-electron chi connectivity index (χ4n) is 7.96. The molecular formula is C42H26N2. The molecule has 0 unspecified atom stereocenters. The largest absolute Gasteiger partial charge is 0.256 e. The Morgan fingerprint density at radius 2 is 0.841 bits per heavy atom. The molecule has 0 saturated carbocycles. The van der Waals surface area contributed by atoms with Gasteiger partial charge in [0.2, 0.25) is 0 Å². The van der Waals surface area contributed by atoms with Gasteiger partial charge < -0.3 is 0 Å². The van der Waals surface area contributed by atoms with Crippen molar-refractivity contribution in [1.82, 2.24) is 9.97 Å². The van der Waals surface area contributed by atoms with Crippen LogP contribution in [0.25, 0.3) is 98.6 Å². The second-order valence-corrected chi connectivity index (χ2v) is 12.3. The van der Waals surface area contributed by atoms with Gasteiger partial charge in [-0.2, -0.15) is 0 Å². The first-order valence-electron chi connectivity index (χ1n) is 15.2. The SMILES string of the molecule is Cc1cc2c3c(cc(C)cc3c1)-c1cc3c(cc1-2)c1ccc(-c2ccccn2)c2ccc4c(-c5ccccn5)ccc3c4c21. The smallest absolute Gasteiger partial charge is 0.0708 e. The van der Waals surface area contributed by atoms with Gasteiger partial charge in [-0.15, -0.1) is 0 Å². The summed E-state index contributed by atoms with van der Waals surface area (Å²) in [6, 6.07) is 40.4. The maximum Gasteiger partial charge on any atom is 0.0708 e. The molecule has 44 heavy (non-hydrogen) atoms. The number of fused-ring (bicyclic) bond motifs is 6. The minimum atomic E-state index is 0.994. The zero-order valence-electron chi connectivity index (χ0n) is 24.4. The van der Waals surface area contributed by atoms with Gasteiger partial charge in [-0.05, 0) is 137 Å². The molecule has 1 aliphatic rings. The van der Waals surface area contributed by atoms with Crippen molar-refractivity contribution in [2.45, 2.75) is 13.8 Å². The summed E-state index contributed by atoms with van der Waals surface area (Å²) in [6.07, 6.45) is 3.76. The van der Waals surface area contributed by atoms with Crippen LogP contribution >= 0.6 is 0 Å². The van der Waals surface area contributed by atoms with E-state index < -0.39 is 0 Å². The summed E-state index contributed by atoms with van der Waals surface area (Å²) in [4.78, 5) is 9.51. The molecule has 2 nitrogen and oxygen atoms in total. The third kappa shape index (κ3) is 3.10. The van der Waals surface area contributed by atoms with E-state index in [-0.39, 0.29) is 0 Å². The standard InChI is InChI=1S/C42H26N2/c1-23-17-25-18-24(2)20-37-35-22-33-31-12-10-27(39-8-4-6-16-44-39)29-14-13-28-26(38-7-3-5-15-43-38)9-11-30(41(28)42(29)31)32(33)21-34(35)36(19-23)40(25)37/h3-22H,1-2H3. The maximum atomic E-state index is 4.76. The zero-order valence-corrected chi connectivity index (χ0v) is 24.4. The molecule has 0 atom stereocenters. The van der Waals surface area contributed by atoms with Crippen molar-refractivity contribution in [3.63, 3.8) is 0 Å². The highest BCUT2D eigenvalue weighted by molar-refractivity contribution is 6.37. The molecule has 2 heteroatoms. The summed E-state index contributed by atoms with van der Waals surface area (Å²) in [5.74, 6) is 0. The van der Waals surface area contributed by atoms with Crippen LogP contribution in [0.15, 0.2) is 122 Å². The van der Waals surface area contributed by atoms with Gasteiger partial charge in [0.15, 0.2) is 0 Å². The zero-order chi connectivity index (χ0) is 29.1. The third-order valence-corrected chi connectivity index (χ3v) is 9.70. The van der Waals surface area contributed by atoms with E-state index in [0.29, 0.717) is 0 Å². The highest BCUT2D eigenvalue weighted by Gasteiger charge is 2.25. The van der Waals surface area contributed by atoms with Crippen LogP contribution in [0.1, 0.15) is 11.1 Å². The highest BCUT2D eigenvalue weighted by atomic mass is 14.7. The number of benzene rings is 7. The summed E-state index contributed by atoms with van der Waals surface area (Å²) in [5, 5.41) is 12.9. The Morgan fingerprint density at radius 3 is 1.30 bits per heavy atom. The molecule has 0 bridgehead atoms. The van der Waals surface area contributed by atoms with Crippen LogP contribution in [0.4, 0.5) is 0 Å². The van der Waals surface area contributed by atoms with Gasteiger partial charge in [0.25, 0.3) is 0 Å². The molecule has 0 amide bonds. The molecule has 204 valence electrons. The first-order valence-corrected chi connectivity index (χ1v) is 15.2. The number of aromatic nitrogens is 2. The number of aryl methyl sites for hydroxylation is 2. The van der Waals surface area contributed by atoms with E-state index in [1.165, 1.54) is 87.2 Å². The van der Waals surface area contributed by atoms with Gasteiger partial charge in [-0.1, -0.05) is 72.8 Å². The summed E-state index contributed by atoms with van der Waals surface area (Å²) >= 11 is 0. The average Bonchev–Trinajstić information content (AvgIpc) is 3.35. The van der Waals surface area contributed by atoms with E-state index in [2.05, 4.69) is 111 Å². The lowest BCUT2D eigenvalue weighted by molar-refractivity contribution is 1.33. The number of rotatable bonds is 2. The maximum absolute atomic E-state index is 4.76. The minimum absolute atomic E-state index is 0.994. The van der Waals surface area contributed by atoms with E-state index in [1.54, 1.807) is 0 Å². The topological polar surface area (TPSA) is 25.8 Å². The van der Waals surface area contributed by atoms with Gasteiger partial charge in [0, 0.05) is 23.5 Å². The molecule has 0 aliphatic heterocycles. The second kappa shape index (κ2) is 8.49. The number of pyridine rings is 2. The normalized spacial score (nSPS) is 12.3. The van der Waals surface area contributed by atoms with Crippen LogP contribution in [0.5, 0.6) is 0 Å². The van der Waals surface area contributed by atoms with Crippen LogP contribution in [0.2, 0.25) is 0 Å². The molecule has 2 heterocycles. The van der Waals surface area contributed by atoms with Gasteiger partial charge in [-0.3, -0.25) is 9.97 Å². The first-order chi connectivity index (χ1) is 21.6. The fourth-order valence-corrected chi connectivity index (χ4v) is 7.96. The number of nitrogens with zero attached hydrogens (tertiary/aromatic N) is 2. The molecule has 7 aromatic carbocycles. The lowest BCUT2D eigenvalue weighted by Gasteiger charge is -2.19. The van der Waals surface area contributed by atoms with Crippen LogP contribution in [0, 0.1) is 13.8 Å². The van der Waals surface area contributed by atoms with E-state index in [4.69, 9.17) is 9.97 Å². The summed E-state index contributed by atoms with van der Waals surface area (Å²) in [5.41, 5.74) is 12.3. The lowest BCUT2D eigenvalue weighted by Crippen LogP contribution is -1.93. The molecule has 0 N–H and O–H groups in total. The molecule has 2 aromatic heterocycles. The number of hydrogen-bond acceptors (Lipinski definition) is 2. The first kappa shape index (κ1) is 23.9. The van der Waals surface area contributed by atoms with Crippen molar-refractivity contribution < 1.29 is 0 Å². The second-order valence-electron chi connectivity index (χ2n) is 12.3. The highest BCUT2D eigenvalue weighted by Crippen LogP contribution is 2.52. The minimum Gasteiger partial charge on any atom is -0.256 e. The monoisotopic (exact) mass is 558 g/mol. The Balaban J connectivity index is 1.40. The van der Waals surface area contributed by atoms with Gasteiger partial charge in [-0.25, -0.2) is 0 Å². The molecule has 0 radical (unpaired) electrons. The average molecular weight is 559 g/mol. The van der Waals surface area contributed by atoms with Crippen molar-refractivity contribution in [3.8, 4) is 44.8 Å². The summed E-state index contributed by atoms with van der Waals surface area (Å²) < 4.78 is 0. The van der Waals surface area contributed by atoms with Crippen molar-refractivity contribution in [2.24, 2.45) is 0 Å². The van der Waals surface area contributed by atoms with E-state index in [9.17, 15) is 0 Å². The Bertz CT molecular complexity index is 2470.